The normalized spacial score (nSPS) is 12.3. The molecule has 0 saturated heterocycles. The van der Waals surface area contributed by atoms with E-state index in [0.717, 1.165) is 22.6 Å². The van der Waals surface area contributed by atoms with E-state index in [4.69, 9.17) is 5.26 Å². The number of benzene rings is 1. The summed E-state index contributed by atoms with van der Waals surface area (Å²) in [6.45, 7) is 1.74. The highest BCUT2D eigenvalue weighted by Gasteiger charge is 2.18. The fourth-order valence-corrected chi connectivity index (χ4v) is 2.89. The molecule has 2 aromatic heterocycles. The van der Waals surface area contributed by atoms with Crippen molar-refractivity contribution in [2.75, 3.05) is 0 Å². The number of nitrogens with zero attached hydrogens (tertiary/aromatic N) is 7. The van der Waals surface area contributed by atoms with Crippen LogP contribution in [0.5, 0.6) is 0 Å². The van der Waals surface area contributed by atoms with E-state index in [1.165, 1.54) is 0 Å². The van der Waals surface area contributed by atoms with Crippen LogP contribution in [0.4, 0.5) is 5.00 Å². The molecule has 112 valence electrons. The zero-order valence-corrected chi connectivity index (χ0v) is 13.2. The van der Waals surface area contributed by atoms with Gasteiger partial charge in [-0.25, -0.2) is 4.98 Å². The quantitative estimate of drug-likeness (QED) is 0.688. The van der Waals surface area contributed by atoms with Crippen LogP contribution in [0.2, 0.25) is 0 Å². The smallest absolute Gasteiger partial charge is 0.214 e. The molecule has 3 rings (SSSR count). The largest absolute Gasteiger partial charge is 0.328 e. The Labute approximate surface area is 136 Å². The fourth-order valence-electron chi connectivity index (χ4n) is 2.21. The van der Waals surface area contributed by atoms with Crippen LogP contribution in [-0.2, 0) is 7.05 Å². The molecule has 0 aliphatic rings. The number of fused-ring (bicyclic) bond motifs is 1. The second-order valence-corrected chi connectivity index (χ2v) is 5.58. The molecule has 1 unspecified atom stereocenters. The first kappa shape index (κ1) is 14.8. The molecule has 0 amide bonds. The Morgan fingerprint density at radius 1 is 1.30 bits per heavy atom. The third kappa shape index (κ3) is 2.56. The zero-order valence-electron chi connectivity index (χ0n) is 12.4. The third-order valence-electron chi connectivity index (χ3n) is 3.41. The van der Waals surface area contributed by atoms with Crippen molar-refractivity contribution >= 4 is 27.6 Å². The monoisotopic (exact) mass is 321 g/mol. The van der Waals surface area contributed by atoms with Gasteiger partial charge in [-0.15, -0.1) is 5.11 Å². The Bertz CT molecular complexity index is 984. The Morgan fingerprint density at radius 3 is 2.78 bits per heavy atom. The SMILES string of the molecule is Cc1nsc(N=NC(C#N)c2nc3ccccc3n2C)c1C#N. The average molecular weight is 321 g/mol. The highest BCUT2D eigenvalue weighted by molar-refractivity contribution is 7.10. The van der Waals surface area contributed by atoms with Gasteiger partial charge in [0, 0.05) is 7.05 Å². The van der Waals surface area contributed by atoms with Gasteiger partial charge < -0.3 is 4.57 Å². The first-order chi connectivity index (χ1) is 11.2. The molecule has 0 fully saturated rings. The van der Waals surface area contributed by atoms with Gasteiger partial charge in [0.05, 0.1) is 22.8 Å². The lowest BCUT2D eigenvalue weighted by Crippen LogP contribution is -2.01. The number of imidazole rings is 1. The van der Waals surface area contributed by atoms with E-state index >= 15 is 0 Å². The number of azo groups is 1. The van der Waals surface area contributed by atoms with Gasteiger partial charge in [0.2, 0.25) is 6.04 Å². The van der Waals surface area contributed by atoms with Crippen LogP contribution in [0.1, 0.15) is 23.1 Å². The maximum absolute atomic E-state index is 9.40. The standard InChI is InChI=1S/C15H11N7S/c1-9-10(7-16)15(23-21-9)20-19-12(8-17)14-18-11-5-3-4-6-13(11)22(14)2/h3-6,12H,1-2H3. The van der Waals surface area contributed by atoms with Crippen LogP contribution in [0.3, 0.4) is 0 Å². The predicted molar refractivity (Wildman–Crippen MR) is 85.2 cm³/mol. The molecule has 0 spiro atoms. The maximum atomic E-state index is 9.40. The molecule has 2 heterocycles. The molecule has 0 aliphatic carbocycles. The number of rotatable bonds is 3. The molecule has 1 aromatic carbocycles. The van der Waals surface area contributed by atoms with E-state index in [0.29, 0.717) is 22.1 Å². The second-order valence-electron chi connectivity index (χ2n) is 4.82. The van der Waals surface area contributed by atoms with Crippen LogP contribution < -0.4 is 0 Å². The number of hydrogen-bond acceptors (Lipinski definition) is 7. The average Bonchev–Trinajstić information content (AvgIpc) is 3.09. The lowest BCUT2D eigenvalue weighted by Gasteiger charge is -2.03. The fraction of sp³-hybridized carbons (Fsp3) is 0.200. The van der Waals surface area contributed by atoms with Crippen LogP contribution in [0.25, 0.3) is 11.0 Å². The maximum Gasteiger partial charge on any atom is 0.214 e. The van der Waals surface area contributed by atoms with Crippen molar-refractivity contribution in [2.45, 2.75) is 13.0 Å². The number of nitriles is 2. The molecular formula is C15H11N7S. The van der Waals surface area contributed by atoms with Crippen molar-refractivity contribution in [3.05, 3.63) is 41.3 Å². The van der Waals surface area contributed by atoms with E-state index < -0.39 is 6.04 Å². The van der Waals surface area contributed by atoms with E-state index in [1.54, 1.807) is 6.92 Å². The van der Waals surface area contributed by atoms with Gasteiger partial charge in [-0.05, 0) is 30.6 Å². The topological polar surface area (TPSA) is 103 Å². The molecule has 0 saturated carbocycles. The van der Waals surface area contributed by atoms with Gasteiger partial charge in [-0.3, -0.25) is 0 Å². The summed E-state index contributed by atoms with van der Waals surface area (Å²) in [4.78, 5) is 4.45. The van der Waals surface area contributed by atoms with Crippen molar-refractivity contribution in [3.8, 4) is 12.1 Å². The number of para-hydroxylation sites is 2. The number of aryl methyl sites for hydroxylation is 2. The van der Waals surface area contributed by atoms with Gasteiger partial charge in [-0.1, -0.05) is 12.1 Å². The summed E-state index contributed by atoms with van der Waals surface area (Å²) < 4.78 is 5.90. The van der Waals surface area contributed by atoms with Gasteiger partial charge >= 0.3 is 0 Å². The third-order valence-corrected chi connectivity index (χ3v) is 4.23. The van der Waals surface area contributed by atoms with E-state index in [1.807, 2.05) is 41.9 Å². The minimum atomic E-state index is -0.846. The van der Waals surface area contributed by atoms with Gasteiger partial charge in [0.15, 0.2) is 10.8 Å². The van der Waals surface area contributed by atoms with Gasteiger partial charge in [0.1, 0.15) is 11.6 Å². The van der Waals surface area contributed by atoms with Crippen molar-refractivity contribution in [1.29, 1.82) is 10.5 Å². The Kier molecular flexibility index (Phi) is 3.83. The molecular weight excluding hydrogens is 310 g/mol. The summed E-state index contributed by atoms with van der Waals surface area (Å²) in [5, 5.41) is 27.0. The molecule has 1 atom stereocenters. The Hall–Kier alpha value is -3.10. The first-order valence-electron chi connectivity index (χ1n) is 6.74. The van der Waals surface area contributed by atoms with Crippen molar-refractivity contribution in [1.82, 2.24) is 13.9 Å². The van der Waals surface area contributed by atoms with Crippen molar-refractivity contribution < 1.29 is 0 Å². The number of aromatic nitrogens is 3. The highest BCUT2D eigenvalue weighted by atomic mass is 32.1. The molecule has 0 aliphatic heterocycles. The van der Waals surface area contributed by atoms with Crippen molar-refractivity contribution in [2.24, 2.45) is 17.3 Å². The molecule has 7 nitrogen and oxygen atoms in total. The number of hydrogen-bond donors (Lipinski definition) is 0. The highest BCUT2D eigenvalue weighted by Crippen LogP contribution is 2.29. The van der Waals surface area contributed by atoms with Gasteiger partial charge in [0.25, 0.3) is 0 Å². The second kappa shape index (κ2) is 5.95. The van der Waals surface area contributed by atoms with E-state index in [9.17, 15) is 5.26 Å². The molecule has 8 heteroatoms. The van der Waals surface area contributed by atoms with Crippen LogP contribution in [-0.4, -0.2) is 13.9 Å². The van der Waals surface area contributed by atoms with E-state index in [-0.39, 0.29) is 0 Å². The molecule has 0 N–H and O–H groups in total. The van der Waals surface area contributed by atoms with Crippen LogP contribution >= 0.6 is 11.5 Å². The van der Waals surface area contributed by atoms with E-state index in [2.05, 4.69) is 25.7 Å². The molecule has 0 bridgehead atoms. The first-order valence-corrected chi connectivity index (χ1v) is 7.51. The summed E-state index contributed by atoms with van der Waals surface area (Å²) in [7, 11) is 1.84. The minimum absolute atomic E-state index is 0.389. The minimum Gasteiger partial charge on any atom is -0.328 e. The lowest BCUT2D eigenvalue weighted by atomic mass is 10.3. The summed E-state index contributed by atoms with van der Waals surface area (Å²) in [5.41, 5.74) is 2.72. The molecule has 0 radical (unpaired) electrons. The molecule has 3 aromatic rings. The summed E-state index contributed by atoms with van der Waals surface area (Å²) >= 11 is 1.09. The van der Waals surface area contributed by atoms with Gasteiger partial charge in [-0.2, -0.15) is 20.0 Å². The lowest BCUT2D eigenvalue weighted by molar-refractivity contribution is 0.729. The predicted octanol–water partition coefficient (Wildman–Crippen LogP) is 3.56. The van der Waals surface area contributed by atoms with Crippen molar-refractivity contribution in [3.63, 3.8) is 0 Å². The summed E-state index contributed by atoms with van der Waals surface area (Å²) in [5.74, 6) is 0.511. The Morgan fingerprint density at radius 2 is 2.09 bits per heavy atom. The summed E-state index contributed by atoms with van der Waals surface area (Å²) in [6, 6.07) is 10.9. The Balaban J connectivity index is 2.00. The molecule has 23 heavy (non-hydrogen) atoms. The summed E-state index contributed by atoms with van der Waals surface area (Å²) in [6.07, 6.45) is 0. The van der Waals surface area contributed by atoms with Crippen LogP contribution in [0, 0.1) is 29.6 Å². The zero-order chi connectivity index (χ0) is 16.4. The van der Waals surface area contributed by atoms with Crippen LogP contribution in [0.15, 0.2) is 34.5 Å².